The molecule has 2 amide bonds. The second-order valence-corrected chi connectivity index (χ2v) is 5.40. The maximum absolute atomic E-state index is 13.4. The summed E-state index contributed by atoms with van der Waals surface area (Å²) in [5, 5.41) is 11.4. The molecule has 10 heteroatoms. The molecule has 0 unspecified atom stereocenters. The third kappa shape index (κ3) is 3.31. The molecular weight excluding hydrogens is 353 g/mol. The summed E-state index contributed by atoms with van der Waals surface area (Å²) in [7, 11) is 0. The average molecular weight is 366 g/mol. The zero-order chi connectivity index (χ0) is 18.9. The fourth-order valence-electron chi connectivity index (χ4n) is 2.53. The number of imidazole rings is 1. The zero-order valence-corrected chi connectivity index (χ0v) is 13.2. The van der Waals surface area contributed by atoms with Gasteiger partial charge in [-0.1, -0.05) is 0 Å². The molecule has 0 bridgehead atoms. The molecule has 0 atom stereocenters. The number of imide groups is 1. The van der Waals surface area contributed by atoms with Crippen molar-refractivity contribution in [2.75, 3.05) is 18.5 Å². The van der Waals surface area contributed by atoms with Crippen LogP contribution in [0.4, 0.5) is 18.9 Å². The number of alkyl halides is 3. The van der Waals surface area contributed by atoms with E-state index in [4.69, 9.17) is 5.11 Å². The van der Waals surface area contributed by atoms with Crippen molar-refractivity contribution in [1.29, 1.82) is 0 Å². The van der Waals surface area contributed by atoms with Crippen molar-refractivity contribution < 1.29 is 27.9 Å². The average Bonchev–Trinajstić information content (AvgIpc) is 3.19. The molecule has 0 saturated heterocycles. The third-order valence-corrected chi connectivity index (χ3v) is 3.70. The second kappa shape index (κ2) is 6.64. The molecule has 0 spiro atoms. The molecule has 2 heterocycles. The molecule has 2 aromatic rings. The maximum Gasteiger partial charge on any atom is 0.418 e. The molecule has 1 aromatic heterocycles. The van der Waals surface area contributed by atoms with Gasteiger partial charge < -0.3 is 15.0 Å². The van der Waals surface area contributed by atoms with Gasteiger partial charge in [-0.15, -0.1) is 0 Å². The number of benzene rings is 1. The number of carbonyl (C=O) groups is 2. The number of β-amino-alcohol motifs (C(OH)–C–C–N with tert-alkyl or cyclic N) is 1. The molecule has 26 heavy (non-hydrogen) atoms. The Hall–Kier alpha value is -3.14. The molecule has 3 rings (SSSR count). The number of hydrogen-bond donors (Lipinski definition) is 2. The Morgan fingerprint density at radius 1 is 1.23 bits per heavy atom. The summed E-state index contributed by atoms with van der Waals surface area (Å²) < 4.78 is 41.4. The minimum absolute atomic E-state index is 0.000520. The van der Waals surface area contributed by atoms with Gasteiger partial charge >= 0.3 is 6.18 Å². The van der Waals surface area contributed by atoms with Gasteiger partial charge in [0, 0.05) is 24.2 Å². The number of carbonyl (C=O) groups excluding carboxylic acids is 2. The van der Waals surface area contributed by atoms with E-state index in [0.29, 0.717) is 0 Å². The molecule has 1 aromatic carbocycles. The van der Waals surface area contributed by atoms with Crippen LogP contribution >= 0.6 is 0 Å². The van der Waals surface area contributed by atoms with E-state index in [9.17, 15) is 22.8 Å². The van der Waals surface area contributed by atoms with Crippen LogP contribution in [-0.2, 0) is 15.8 Å². The lowest BCUT2D eigenvalue weighted by Gasteiger charge is -2.16. The van der Waals surface area contributed by atoms with Crippen LogP contribution in [0.25, 0.3) is 5.69 Å². The maximum atomic E-state index is 13.4. The standard InChI is InChI=1S/C16H13F3N4O3/c17-16(18,19)11-7-10(1-2-13(11)22-4-3-20-9-22)21-12-8-14(25)23(5-6-24)15(12)26/h1-4,7-9,21,24H,5-6H2. The Balaban J connectivity index is 1.92. The van der Waals surface area contributed by atoms with E-state index in [0.717, 1.165) is 17.0 Å². The van der Waals surface area contributed by atoms with E-state index >= 15 is 0 Å². The highest BCUT2D eigenvalue weighted by molar-refractivity contribution is 6.17. The fourth-order valence-corrected chi connectivity index (χ4v) is 2.53. The van der Waals surface area contributed by atoms with Gasteiger partial charge in [0.2, 0.25) is 0 Å². The van der Waals surface area contributed by atoms with Crippen LogP contribution in [0, 0.1) is 0 Å². The number of aliphatic hydroxyl groups is 1. The van der Waals surface area contributed by atoms with E-state index in [1.807, 2.05) is 0 Å². The highest BCUT2D eigenvalue weighted by atomic mass is 19.4. The first-order chi connectivity index (χ1) is 12.3. The summed E-state index contributed by atoms with van der Waals surface area (Å²) in [5.41, 5.74) is -1.21. The number of anilines is 1. The van der Waals surface area contributed by atoms with Gasteiger partial charge in [0.05, 0.1) is 30.7 Å². The Bertz CT molecular complexity index is 875. The first kappa shape index (κ1) is 17.7. The predicted octanol–water partition coefficient (Wildman–Crippen LogP) is 1.55. The SMILES string of the molecule is O=C1C=C(Nc2ccc(-n3ccnc3)c(C(F)(F)F)c2)C(=O)N1CCO. The molecule has 0 saturated carbocycles. The van der Waals surface area contributed by atoms with Crippen molar-refractivity contribution in [3.63, 3.8) is 0 Å². The topological polar surface area (TPSA) is 87.5 Å². The van der Waals surface area contributed by atoms with Gasteiger partial charge in [-0.2, -0.15) is 13.2 Å². The van der Waals surface area contributed by atoms with Crippen molar-refractivity contribution in [2.24, 2.45) is 0 Å². The zero-order valence-electron chi connectivity index (χ0n) is 13.2. The second-order valence-electron chi connectivity index (χ2n) is 5.40. The smallest absolute Gasteiger partial charge is 0.395 e. The molecule has 0 aliphatic carbocycles. The lowest BCUT2D eigenvalue weighted by molar-refractivity contribution is -0.138. The van der Waals surface area contributed by atoms with Crippen LogP contribution in [0.5, 0.6) is 0 Å². The van der Waals surface area contributed by atoms with E-state index in [-0.39, 0.29) is 23.6 Å². The number of aromatic nitrogens is 2. The van der Waals surface area contributed by atoms with Gasteiger partial charge in [0.15, 0.2) is 0 Å². The minimum atomic E-state index is -4.63. The van der Waals surface area contributed by atoms with Crippen LogP contribution in [0.15, 0.2) is 48.7 Å². The lowest BCUT2D eigenvalue weighted by Crippen LogP contribution is -2.34. The van der Waals surface area contributed by atoms with Gasteiger partial charge in [0.1, 0.15) is 5.70 Å². The molecule has 1 aliphatic heterocycles. The van der Waals surface area contributed by atoms with Crippen LogP contribution in [-0.4, -0.2) is 44.5 Å². The first-order valence-electron chi connectivity index (χ1n) is 7.46. The van der Waals surface area contributed by atoms with Crippen molar-refractivity contribution >= 4 is 17.5 Å². The number of hydrogen-bond acceptors (Lipinski definition) is 5. The summed E-state index contributed by atoms with van der Waals surface area (Å²) >= 11 is 0. The molecule has 1 aliphatic rings. The summed E-state index contributed by atoms with van der Waals surface area (Å²) in [6, 6.07) is 3.45. The van der Waals surface area contributed by atoms with E-state index < -0.39 is 30.2 Å². The Morgan fingerprint density at radius 2 is 2.00 bits per heavy atom. The molecule has 0 radical (unpaired) electrons. The number of nitrogens with one attached hydrogen (secondary N) is 1. The molecule has 2 N–H and O–H groups in total. The van der Waals surface area contributed by atoms with Gasteiger partial charge in [-0.3, -0.25) is 14.5 Å². The molecule has 0 fully saturated rings. The molecule has 7 nitrogen and oxygen atoms in total. The highest BCUT2D eigenvalue weighted by Gasteiger charge is 2.35. The number of aliphatic hydroxyl groups excluding tert-OH is 1. The summed E-state index contributed by atoms with van der Waals surface area (Å²) in [6.07, 6.45) is 0.326. The van der Waals surface area contributed by atoms with E-state index in [1.54, 1.807) is 0 Å². The Labute approximate surface area is 145 Å². The quantitative estimate of drug-likeness (QED) is 0.784. The number of halogens is 3. The van der Waals surface area contributed by atoms with Crippen LogP contribution in [0.1, 0.15) is 5.56 Å². The van der Waals surface area contributed by atoms with E-state index in [1.165, 1.54) is 35.4 Å². The van der Waals surface area contributed by atoms with E-state index in [2.05, 4.69) is 10.3 Å². The summed E-state index contributed by atoms with van der Waals surface area (Å²) in [5.74, 6) is -1.35. The number of rotatable bonds is 5. The van der Waals surface area contributed by atoms with Crippen molar-refractivity contribution in [3.05, 3.63) is 54.3 Å². The van der Waals surface area contributed by atoms with Crippen LogP contribution in [0.2, 0.25) is 0 Å². The van der Waals surface area contributed by atoms with Gasteiger partial charge in [0.25, 0.3) is 11.8 Å². The Morgan fingerprint density at radius 3 is 2.62 bits per heavy atom. The normalized spacial score (nSPS) is 14.8. The predicted molar refractivity (Wildman–Crippen MR) is 84.1 cm³/mol. The largest absolute Gasteiger partial charge is 0.418 e. The van der Waals surface area contributed by atoms with Crippen LogP contribution < -0.4 is 5.32 Å². The summed E-state index contributed by atoms with van der Waals surface area (Å²) in [4.78, 5) is 28.3. The number of amides is 2. The lowest BCUT2D eigenvalue weighted by atomic mass is 10.1. The first-order valence-corrected chi connectivity index (χ1v) is 7.46. The minimum Gasteiger partial charge on any atom is -0.395 e. The monoisotopic (exact) mass is 366 g/mol. The van der Waals surface area contributed by atoms with Crippen molar-refractivity contribution in [2.45, 2.75) is 6.18 Å². The Kier molecular flexibility index (Phi) is 4.51. The van der Waals surface area contributed by atoms with Crippen molar-refractivity contribution in [3.8, 4) is 5.69 Å². The summed E-state index contributed by atoms with van der Waals surface area (Å²) in [6.45, 7) is -0.594. The fraction of sp³-hybridized carbons (Fsp3) is 0.188. The highest BCUT2D eigenvalue weighted by Crippen LogP contribution is 2.36. The van der Waals surface area contributed by atoms with Crippen molar-refractivity contribution in [1.82, 2.24) is 14.5 Å². The third-order valence-electron chi connectivity index (χ3n) is 3.70. The number of nitrogens with zero attached hydrogens (tertiary/aromatic N) is 3. The molecule has 136 valence electrons. The van der Waals surface area contributed by atoms with Crippen LogP contribution in [0.3, 0.4) is 0 Å². The van der Waals surface area contributed by atoms with Gasteiger partial charge in [-0.25, -0.2) is 4.98 Å². The van der Waals surface area contributed by atoms with Gasteiger partial charge in [-0.05, 0) is 18.2 Å². The molecular formula is C16H13F3N4O3.